The number of nitrogens with zero attached hydrogens (tertiary/aromatic N) is 3. The predicted molar refractivity (Wildman–Crippen MR) is 99.3 cm³/mol. The second-order valence-electron chi connectivity index (χ2n) is 7.13. The van der Waals surface area contributed by atoms with Crippen LogP contribution in [0.2, 0.25) is 0 Å². The second-order valence-corrected chi connectivity index (χ2v) is 7.13. The lowest BCUT2D eigenvalue weighted by molar-refractivity contribution is 0.0879. The molecule has 1 aliphatic heterocycles. The Morgan fingerprint density at radius 3 is 3.08 bits per heavy atom. The molecule has 1 saturated heterocycles. The zero-order valence-electron chi connectivity index (χ0n) is 14.4. The van der Waals surface area contributed by atoms with Gasteiger partial charge >= 0.3 is 6.09 Å². The number of alkyl carbamates (subject to hydrolysis) is 1. The molecule has 4 heterocycles. The number of rotatable bonds is 3. The number of hydrogen-bond donors (Lipinski definition) is 2. The van der Waals surface area contributed by atoms with Crippen molar-refractivity contribution in [1.82, 2.24) is 20.3 Å². The van der Waals surface area contributed by atoms with Crippen molar-refractivity contribution in [1.29, 1.82) is 0 Å². The van der Waals surface area contributed by atoms with E-state index in [1.54, 1.807) is 0 Å². The minimum atomic E-state index is -0.289. The summed E-state index contributed by atoms with van der Waals surface area (Å²) in [6.07, 6.45) is 9.19. The molecule has 2 aliphatic rings. The Morgan fingerprint density at radius 2 is 2.19 bits per heavy atom. The van der Waals surface area contributed by atoms with Crippen molar-refractivity contribution in [3.63, 3.8) is 0 Å². The van der Waals surface area contributed by atoms with Gasteiger partial charge in [-0.05, 0) is 37.8 Å². The third-order valence-corrected chi connectivity index (χ3v) is 5.14. The largest absolute Gasteiger partial charge is 0.444 e. The van der Waals surface area contributed by atoms with Crippen molar-refractivity contribution in [2.75, 3.05) is 18.0 Å². The van der Waals surface area contributed by atoms with Crippen molar-refractivity contribution in [2.45, 2.75) is 37.8 Å². The van der Waals surface area contributed by atoms with E-state index in [9.17, 15) is 4.79 Å². The molecule has 0 radical (unpaired) electrons. The molecule has 2 N–H and O–H groups in total. The minimum absolute atomic E-state index is 0.108. The van der Waals surface area contributed by atoms with Crippen LogP contribution in [0.25, 0.3) is 21.8 Å². The number of carbonyl (C=O) groups excluding carboxylic acids is 1. The van der Waals surface area contributed by atoms with Crippen molar-refractivity contribution in [3.05, 3.63) is 30.7 Å². The third kappa shape index (κ3) is 2.83. The normalized spacial score (nSPS) is 20.5. The van der Waals surface area contributed by atoms with Gasteiger partial charge in [-0.2, -0.15) is 0 Å². The van der Waals surface area contributed by atoms with E-state index >= 15 is 0 Å². The lowest BCUT2D eigenvalue weighted by Gasteiger charge is -2.33. The highest BCUT2D eigenvalue weighted by Crippen LogP contribution is 2.32. The average molecular weight is 351 g/mol. The van der Waals surface area contributed by atoms with Gasteiger partial charge in [0.1, 0.15) is 17.6 Å². The zero-order valence-corrected chi connectivity index (χ0v) is 14.4. The van der Waals surface area contributed by atoms with Crippen LogP contribution in [0.5, 0.6) is 0 Å². The molecule has 1 saturated carbocycles. The van der Waals surface area contributed by atoms with Gasteiger partial charge in [-0.1, -0.05) is 0 Å². The first-order chi connectivity index (χ1) is 12.8. The predicted octanol–water partition coefficient (Wildman–Crippen LogP) is 2.97. The molecule has 1 amide bonds. The molecule has 0 spiro atoms. The van der Waals surface area contributed by atoms with Crippen LogP contribution in [0.3, 0.4) is 0 Å². The van der Waals surface area contributed by atoms with E-state index in [0.717, 1.165) is 59.9 Å². The second kappa shape index (κ2) is 6.16. The minimum Gasteiger partial charge on any atom is -0.444 e. The van der Waals surface area contributed by atoms with Gasteiger partial charge in [-0.25, -0.2) is 14.8 Å². The molecule has 2 fully saturated rings. The van der Waals surface area contributed by atoms with E-state index < -0.39 is 0 Å². The summed E-state index contributed by atoms with van der Waals surface area (Å²) in [5, 5.41) is 6.13. The average Bonchev–Trinajstić information content (AvgIpc) is 3.33. The van der Waals surface area contributed by atoms with Gasteiger partial charge in [0, 0.05) is 47.3 Å². The number of pyridine rings is 2. The van der Waals surface area contributed by atoms with E-state index in [4.69, 9.17) is 4.74 Å². The molecular formula is C19H21N5O2. The quantitative estimate of drug-likeness (QED) is 0.758. The zero-order chi connectivity index (χ0) is 17.5. The first-order valence-electron chi connectivity index (χ1n) is 9.21. The van der Waals surface area contributed by atoms with Crippen LogP contribution in [0, 0.1) is 0 Å². The van der Waals surface area contributed by atoms with Gasteiger partial charge in [0.25, 0.3) is 0 Å². The molecule has 3 aromatic rings. The highest BCUT2D eigenvalue weighted by molar-refractivity contribution is 6.10. The van der Waals surface area contributed by atoms with Gasteiger partial charge in [-0.15, -0.1) is 0 Å². The molecule has 1 atom stereocenters. The number of piperidine rings is 1. The summed E-state index contributed by atoms with van der Waals surface area (Å²) in [4.78, 5) is 26.5. The number of ether oxygens (including phenoxy) is 1. The summed E-state index contributed by atoms with van der Waals surface area (Å²) in [6, 6.07) is 4.34. The summed E-state index contributed by atoms with van der Waals surface area (Å²) in [6.45, 7) is 1.57. The fourth-order valence-electron chi connectivity index (χ4n) is 3.70. The number of fused-ring (bicyclic) bond motifs is 3. The molecular weight excluding hydrogens is 330 g/mol. The van der Waals surface area contributed by atoms with E-state index in [1.165, 1.54) is 0 Å². The van der Waals surface area contributed by atoms with Gasteiger partial charge in [-0.3, -0.25) is 0 Å². The Bertz CT molecular complexity index is 965. The number of amides is 1. The van der Waals surface area contributed by atoms with Crippen molar-refractivity contribution in [2.24, 2.45) is 0 Å². The number of anilines is 1. The van der Waals surface area contributed by atoms with Crippen LogP contribution in [-0.2, 0) is 4.74 Å². The van der Waals surface area contributed by atoms with Gasteiger partial charge in [0.2, 0.25) is 0 Å². The van der Waals surface area contributed by atoms with Crippen molar-refractivity contribution < 1.29 is 9.53 Å². The SMILES string of the molecule is O=C(NC1CC1)OC1CCCN(c2nccc3cnc4[nH]ccc4c23)C1. The molecule has 1 aliphatic carbocycles. The van der Waals surface area contributed by atoms with E-state index in [-0.39, 0.29) is 12.2 Å². The van der Waals surface area contributed by atoms with Crippen LogP contribution >= 0.6 is 0 Å². The summed E-state index contributed by atoms with van der Waals surface area (Å²) in [5.74, 6) is 0.936. The fourth-order valence-corrected chi connectivity index (χ4v) is 3.70. The number of carbonyl (C=O) groups is 1. The molecule has 0 aromatic carbocycles. The summed E-state index contributed by atoms with van der Waals surface area (Å²) in [5.41, 5.74) is 0.861. The van der Waals surface area contributed by atoms with Gasteiger partial charge in [0.15, 0.2) is 0 Å². The Kier molecular flexibility index (Phi) is 3.65. The molecule has 5 rings (SSSR count). The Hall–Kier alpha value is -2.83. The van der Waals surface area contributed by atoms with Crippen LogP contribution in [-0.4, -0.2) is 46.3 Å². The number of nitrogens with one attached hydrogen (secondary N) is 2. The lowest BCUT2D eigenvalue weighted by atomic mass is 10.1. The lowest BCUT2D eigenvalue weighted by Crippen LogP contribution is -2.43. The maximum atomic E-state index is 12.0. The van der Waals surface area contributed by atoms with E-state index in [2.05, 4.69) is 25.2 Å². The van der Waals surface area contributed by atoms with Crippen LogP contribution < -0.4 is 10.2 Å². The van der Waals surface area contributed by atoms with Gasteiger partial charge in [0.05, 0.1) is 6.54 Å². The Balaban J connectivity index is 1.43. The van der Waals surface area contributed by atoms with Crippen molar-refractivity contribution >= 4 is 33.7 Å². The Morgan fingerprint density at radius 1 is 1.27 bits per heavy atom. The maximum Gasteiger partial charge on any atom is 0.407 e. The monoisotopic (exact) mass is 351 g/mol. The van der Waals surface area contributed by atoms with Crippen LogP contribution in [0.4, 0.5) is 10.6 Å². The molecule has 7 nitrogen and oxygen atoms in total. The van der Waals surface area contributed by atoms with E-state index in [0.29, 0.717) is 12.6 Å². The summed E-state index contributed by atoms with van der Waals surface area (Å²) >= 11 is 0. The fraction of sp³-hybridized carbons (Fsp3) is 0.421. The van der Waals surface area contributed by atoms with Crippen molar-refractivity contribution in [3.8, 4) is 0 Å². The summed E-state index contributed by atoms with van der Waals surface area (Å²) in [7, 11) is 0. The number of H-pyrrole nitrogens is 1. The van der Waals surface area contributed by atoms with Crippen LogP contribution in [0.15, 0.2) is 30.7 Å². The first-order valence-corrected chi connectivity index (χ1v) is 9.21. The first kappa shape index (κ1) is 15.4. The molecule has 1 unspecified atom stereocenters. The topological polar surface area (TPSA) is 83.1 Å². The molecule has 0 bridgehead atoms. The smallest absolute Gasteiger partial charge is 0.407 e. The standard InChI is InChI=1S/C19H21N5O2/c25-19(23-13-3-4-13)26-14-2-1-9-24(11-14)18-16-12(5-7-21-18)10-22-17-15(16)6-8-20-17/h5-8,10,13-14H,1-4,9,11H2,(H,20,22)(H,23,25). The molecule has 26 heavy (non-hydrogen) atoms. The summed E-state index contributed by atoms with van der Waals surface area (Å²) < 4.78 is 5.64. The number of hydrogen-bond acceptors (Lipinski definition) is 5. The number of aromatic nitrogens is 3. The maximum absolute atomic E-state index is 12.0. The molecule has 134 valence electrons. The highest BCUT2D eigenvalue weighted by Gasteiger charge is 2.28. The molecule has 3 aromatic heterocycles. The highest BCUT2D eigenvalue weighted by atomic mass is 16.6. The Labute approximate surface area is 150 Å². The molecule has 7 heteroatoms. The third-order valence-electron chi connectivity index (χ3n) is 5.14. The van der Waals surface area contributed by atoms with Gasteiger partial charge < -0.3 is 19.9 Å². The van der Waals surface area contributed by atoms with Crippen LogP contribution in [0.1, 0.15) is 25.7 Å². The number of aromatic amines is 1. The van der Waals surface area contributed by atoms with E-state index in [1.807, 2.05) is 30.7 Å².